The van der Waals surface area contributed by atoms with Crippen LogP contribution in [0.5, 0.6) is 11.5 Å². The smallest absolute Gasteiger partial charge is 0.345 e. The van der Waals surface area contributed by atoms with Crippen LogP contribution in [0, 0.1) is 21.7 Å². The summed E-state index contributed by atoms with van der Waals surface area (Å²) < 4.78 is 42.1. The summed E-state index contributed by atoms with van der Waals surface area (Å²) in [7, 11) is 1.27. The molecule has 0 radical (unpaired) electrons. The van der Waals surface area contributed by atoms with Gasteiger partial charge in [-0.1, -0.05) is 6.07 Å². The van der Waals surface area contributed by atoms with Gasteiger partial charge in [0.1, 0.15) is 22.9 Å². The van der Waals surface area contributed by atoms with Crippen LogP contribution < -0.4 is 14.8 Å². The van der Waals surface area contributed by atoms with Gasteiger partial charge in [-0.3, -0.25) is 14.9 Å². The zero-order chi connectivity index (χ0) is 21.6. The lowest BCUT2D eigenvalue weighted by Gasteiger charge is -2.12. The summed E-state index contributed by atoms with van der Waals surface area (Å²) in [6, 6.07) is 5.01. The lowest BCUT2D eigenvalue weighted by Crippen LogP contribution is -2.22. The standard InChI is InChI=1S/C18H16F2N2O7/c1-3-28-15-7-10(13(22(25)26)8-14(15)27-2)18(24)29-9-16(23)21-17-11(19)5-4-6-12(17)20/h4-8H,3,9H2,1-2H3,(H,21,23). The second kappa shape index (κ2) is 9.44. The highest BCUT2D eigenvalue weighted by atomic mass is 19.1. The molecule has 1 N–H and O–H groups in total. The number of nitrogens with zero attached hydrogens (tertiary/aromatic N) is 1. The highest BCUT2D eigenvalue weighted by molar-refractivity contribution is 5.98. The summed E-state index contributed by atoms with van der Waals surface area (Å²) in [5.74, 6) is -4.19. The van der Waals surface area contributed by atoms with Crippen molar-refractivity contribution in [3.05, 3.63) is 57.6 Å². The number of hydrogen-bond acceptors (Lipinski definition) is 7. The molecule has 0 fully saturated rings. The molecule has 2 aromatic carbocycles. The molecule has 0 saturated heterocycles. The Balaban J connectivity index is 2.18. The molecular weight excluding hydrogens is 394 g/mol. The van der Waals surface area contributed by atoms with Crippen LogP contribution in [-0.2, 0) is 9.53 Å². The molecule has 0 saturated carbocycles. The number of halogens is 2. The molecule has 0 aromatic heterocycles. The van der Waals surface area contributed by atoms with Gasteiger partial charge in [-0.25, -0.2) is 13.6 Å². The van der Waals surface area contributed by atoms with E-state index in [1.54, 1.807) is 6.92 Å². The van der Waals surface area contributed by atoms with Gasteiger partial charge in [0.05, 0.1) is 24.7 Å². The topological polar surface area (TPSA) is 117 Å². The number of methoxy groups -OCH3 is 1. The van der Waals surface area contributed by atoms with Crippen LogP contribution in [0.3, 0.4) is 0 Å². The molecule has 0 heterocycles. The molecule has 11 heteroatoms. The Bertz CT molecular complexity index is 930. The van der Waals surface area contributed by atoms with Crippen molar-refractivity contribution in [1.29, 1.82) is 0 Å². The third kappa shape index (κ3) is 5.15. The van der Waals surface area contributed by atoms with Crippen molar-refractivity contribution in [3.8, 4) is 11.5 Å². The monoisotopic (exact) mass is 410 g/mol. The number of amides is 1. The Kier molecular flexibility index (Phi) is 7.01. The molecule has 29 heavy (non-hydrogen) atoms. The Morgan fingerprint density at radius 3 is 2.38 bits per heavy atom. The summed E-state index contributed by atoms with van der Waals surface area (Å²) in [6.07, 6.45) is 0. The van der Waals surface area contributed by atoms with Gasteiger partial charge in [0.2, 0.25) is 0 Å². The summed E-state index contributed by atoms with van der Waals surface area (Å²) in [4.78, 5) is 34.5. The van der Waals surface area contributed by atoms with Crippen molar-refractivity contribution in [2.24, 2.45) is 0 Å². The van der Waals surface area contributed by atoms with Crippen LogP contribution in [0.25, 0.3) is 0 Å². The van der Waals surface area contributed by atoms with Gasteiger partial charge < -0.3 is 19.5 Å². The summed E-state index contributed by atoms with van der Waals surface area (Å²) in [5, 5.41) is 13.2. The number of hydrogen-bond donors (Lipinski definition) is 1. The number of ether oxygens (including phenoxy) is 3. The minimum Gasteiger partial charge on any atom is -0.493 e. The molecule has 1 amide bonds. The number of benzene rings is 2. The number of carbonyl (C=O) groups excluding carboxylic acids is 2. The largest absolute Gasteiger partial charge is 0.493 e. The number of anilines is 1. The molecule has 0 aliphatic rings. The fraction of sp³-hybridized carbons (Fsp3) is 0.222. The Labute approximate surface area is 163 Å². The highest BCUT2D eigenvalue weighted by Crippen LogP contribution is 2.35. The van der Waals surface area contributed by atoms with Gasteiger partial charge in [0.15, 0.2) is 18.1 Å². The zero-order valence-corrected chi connectivity index (χ0v) is 15.4. The van der Waals surface area contributed by atoms with E-state index in [2.05, 4.69) is 0 Å². The van der Waals surface area contributed by atoms with Crippen molar-refractivity contribution in [3.63, 3.8) is 0 Å². The van der Waals surface area contributed by atoms with Crippen LogP contribution in [0.15, 0.2) is 30.3 Å². The van der Waals surface area contributed by atoms with E-state index in [9.17, 15) is 28.5 Å². The first kappa shape index (κ1) is 21.5. The summed E-state index contributed by atoms with van der Waals surface area (Å²) in [6.45, 7) is 0.921. The molecule has 2 aromatic rings. The lowest BCUT2D eigenvalue weighted by atomic mass is 10.1. The molecule has 0 aliphatic carbocycles. The van der Waals surface area contributed by atoms with Gasteiger partial charge in [-0.05, 0) is 19.1 Å². The first-order chi connectivity index (χ1) is 13.8. The maximum Gasteiger partial charge on any atom is 0.345 e. The van der Waals surface area contributed by atoms with E-state index in [1.165, 1.54) is 7.11 Å². The second-order valence-electron chi connectivity index (χ2n) is 5.43. The van der Waals surface area contributed by atoms with Crippen LogP contribution in [-0.4, -0.2) is 37.1 Å². The minimum atomic E-state index is -1.20. The van der Waals surface area contributed by atoms with E-state index in [1.807, 2.05) is 5.32 Å². The van der Waals surface area contributed by atoms with E-state index in [4.69, 9.17) is 14.2 Å². The van der Waals surface area contributed by atoms with Gasteiger partial charge in [0.25, 0.3) is 11.6 Å². The van der Waals surface area contributed by atoms with Crippen LogP contribution in [0.2, 0.25) is 0 Å². The van der Waals surface area contributed by atoms with Crippen molar-refractivity contribution in [2.45, 2.75) is 6.92 Å². The summed E-state index contributed by atoms with van der Waals surface area (Å²) in [5.41, 5.74) is -1.82. The van der Waals surface area contributed by atoms with Gasteiger partial charge in [-0.2, -0.15) is 0 Å². The first-order valence-corrected chi connectivity index (χ1v) is 8.18. The van der Waals surface area contributed by atoms with E-state index in [0.29, 0.717) is 0 Å². The fourth-order valence-corrected chi connectivity index (χ4v) is 2.29. The normalized spacial score (nSPS) is 10.2. The third-order valence-corrected chi connectivity index (χ3v) is 3.56. The van der Waals surface area contributed by atoms with Gasteiger partial charge >= 0.3 is 5.97 Å². The number of para-hydroxylation sites is 1. The molecule has 9 nitrogen and oxygen atoms in total. The Hall–Kier alpha value is -3.76. The van der Waals surface area contributed by atoms with Gasteiger partial charge in [0, 0.05) is 6.07 Å². The van der Waals surface area contributed by atoms with E-state index in [0.717, 1.165) is 30.3 Å². The maximum absolute atomic E-state index is 13.5. The van der Waals surface area contributed by atoms with E-state index >= 15 is 0 Å². The average molecular weight is 410 g/mol. The quantitative estimate of drug-likeness (QED) is 0.404. The summed E-state index contributed by atoms with van der Waals surface area (Å²) >= 11 is 0. The molecule has 0 bridgehead atoms. The number of esters is 1. The Morgan fingerprint density at radius 2 is 1.83 bits per heavy atom. The van der Waals surface area contributed by atoms with E-state index in [-0.39, 0.29) is 18.1 Å². The Morgan fingerprint density at radius 1 is 1.17 bits per heavy atom. The number of rotatable bonds is 8. The molecule has 0 aliphatic heterocycles. The molecule has 2 rings (SSSR count). The lowest BCUT2D eigenvalue weighted by molar-refractivity contribution is -0.385. The SMILES string of the molecule is CCOc1cc(C(=O)OCC(=O)Nc2c(F)cccc2F)c([N+](=O)[O-])cc1OC. The van der Waals surface area contributed by atoms with Crippen LogP contribution in [0.1, 0.15) is 17.3 Å². The molecule has 0 spiro atoms. The average Bonchev–Trinajstić information content (AvgIpc) is 2.68. The van der Waals surface area contributed by atoms with Crippen molar-refractivity contribution < 1.29 is 37.5 Å². The fourth-order valence-electron chi connectivity index (χ4n) is 2.29. The maximum atomic E-state index is 13.5. The number of nitro groups is 1. The number of carbonyl (C=O) groups is 2. The second-order valence-corrected chi connectivity index (χ2v) is 5.43. The highest BCUT2D eigenvalue weighted by Gasteiger charge is 2.26. The van der Waals surface area contributed by atoms with E-state index < -0.39 is 52.0 Å². The zero-order valence-electron chi connectivity index (χ0n) is 15.4. The molecule has 154 valence electrons. The van der Waals surface area contributed by atoms with Crippen LogP contribution >= 0.6 is 0 Å². The molecular formula is C18H16F2N2O7. The minimum absolute atomic E-state index is 0.0304. The predicted molar refractivity (Wildman–Crippen MR) is 96.1 cm³/mol. The first-order valence-electron chi connectivity index (χ1n) is 8.18. The third-order valence-electron chi connectivity index (χ3n) is 3.56. The number of nitro benzene ring substituents is 1. The predicted octanol–water partition coefficient (Wildman–Crippen LogP) is 3.08. The van der Waals surface area contributed by atoms with Gasteiger partial charge in [-0.15, -0.1) is 0 Å². The van der Waals surface area contributed by atoms with Crippen molar-refractivity contribution >= 4 is 23.3 Å². The van der Waals surface area contributed by atoms with Crippen molar-refractivity contribution in [2.75, 3.05) is 25.6 Å². The number of nitrogens with one attached hydrogen (secondary N) is 1. The van der Waals surface area contributed by atoms with Crippen molar-refractivity contribution in [1.82, 2.24) is 0 Å². The molecule has 0 atom stereocenters. The van der Waals surface area contributed by atoms with Crippen LogP contribution in [0.4, 0.5) is 20.2 Å². The molecule has 0 unspecified atom stereocenters.